The van der Waals surface area contributed by atoms with Crippen molar-refractivity contribution in [3.05, 3.63) is 59.7 Å². The maximum absolute atomic E-state index is 12.6. The van der Waals surface area contributed by atoms with Gasteiger partial charge in [-0.2, -0.15) is 0 Å². The molecule has 3 amide bonds. The average molecular weight is 325 g/mol. The van der Waals surface area contributed by atoms with Gasteiger partial charge in [-0.15, -0.1) is 0 Å². The third kappa shape index (κ3) is 4.35. The van der Waals surface area contributed by atoms with Gasteiger partial charge in [0.15, 0.2) is 0 Å². The van der Waals surface area contributed by atoms with E-state index in [1.165, 1.54) is 0 Å². The van der Waals surface area contributed by atoms with Crippen LogP contribution in [0.5, 0.6) is 0 Å². The number of carbonyl (C=O) groups is 2. The smallest absolute Gasteiger partial charge is 0.321 e. The van der Waals surface area contributed by atoms with E-state index in [0.29, 0.717) is 24.3 Å². The third-order valence-electron chi connectivity index (χ3n) is 3.74. The van der Waals surface area contributed by atoms with Crippen molar-refractivity contribution in [2.45, 2.75) is 20.8 Å². The van der Waals surface area contributed by atoms with E-state index in [-0.39, 0.29) is 11.9 Å². The zero-order valence-corrected chi connectivity index (χ0v) is 14.3. The molecule has 0 aliphatic rings. The van der Waals surface area contributed by atoms with E-state index in [9.17, 15) is 9.59 Å². The summed E-state index contributed by atoms with van der Waals surface area (Å²) in [4.78, 5) is 26.5. The molecule has 0 saturated carbocycles. The standard InChI is InChI=1S/C19H23N3O2/c1-4-22(5-2)19(24)21-17-12-7-6-11-16(17)18(23)20-15-10-8-9-14(3)13-15/h6-13H,4-5H2,1-3H3,(H,20,23)(H,21,24). The number of hydrogen-bond donors (Lipinski definition) is 2. The lowest BCUT2D eigenvalue weighted by Gasteiger charge is -2.20. The molecule has 0 aliphatic heterocycles. The molecule has 0 aromatic heterocycles. The second-order valence-corrected chi connectivity index (χ2v) is 5.47. The van der Waals surface area contributed by atoms with E-state index in [1.54, 1.807) is 29.2 Å². The normalized spacial score (nSPS) is 10.1. The van der Waals surface area contributed by atoms with Gasteiger partial charge in [-0.3, -0.25) is 4.79 Å². The Morgan fingerprint density at radius 2 is 1.67 bits per heavy atom. The number of amides is 3. The molecule has 0 radical (unpaired) electrons. The van der Waals surface area contributed by atoms with Crippen molar-refractivity contribution >= 4 is 23.3 Å². The van der Waals surface area contributed by atoms with Gasteiger partial charge in [-0.25, -0.2) is 4.79 Å². The van der Waals surface area contributed by atoms with Gasteiger partial charge in [0, 0.05) is 18.8 Å². The van der Waals surface area contributed by atoms with Crippen molar-refractivity contribution < 1.29 is 9.59 Å². The summed E-state index contributed by atoms with van der Waals surface area (Å²) in [5.74, 6) is -0.254. The number of aryl methyl sites for hydroxylation is 1. The summed E-state index contributed by atoms with van der Waals surface area (Å²) < 4.78 is 0. The monoisotopic (exact) mass is 325 g/mol. The largest absolute Gasteiger partial charge is 0.325 e. The molecule has 0 spiro atoms. The van der Waals surface area contributed by atoms with Gasteiger partial charge >= 0.3 is 6.03 Å². The van der Waals surface area contributed by atoms with E-state index in [0.717, 1.165) is 11.3 Å². The van der Waals surface area contributed by atoms with Crippen molar-refractivity contribution in [3.63, 3.8) is 0 Å². The van der Waals surface area contributed by atoms with Gasteiger partial charge in [0.1, 0.15) is 0 Å². The van der Waals surface area contributed by atoms with E-state index >= 15 is 0 Å². The number of anilines is 2. The maximum atomic E-state index is 12.6. The quantitative estimate of drug-likeness (QED) is 0.868. The highest BCUT2D eigenvalue weighted by Gasteiger charge is 2.15. The molecule has 0 bridgehead atoms. The summed E-state index contributed by atoms with van der Waals surface area (Å²) in [5.41, 5.74) is 2.72. The van der Waals surface area contributed by atoms with Crippen molar-refractivity contribution in [1.29, 1.82) is 0 Å². The highest BCUT2D eigenvalue weighted by atomic mass is 16.2. The second kappa shape index (κ2) is 8.15. The number of urea groups is 1. The van der Waals surface area contributed by atoms with Crippen LogP contribution in [0.15, 0.2) is 48.5 Å². The Morgan fingerprint density at radius 3 is 2.33 bits per heavy atom. The third-order valence-corrected chi connectivity index (χ3v) is 3.74. The first-order valence-corrected chi connectivity index (χ1v) is 8.08. The predicted molar refractivity (Wildman–Crippen MR) is 97.5 cm³/mol. The Bertz CT molecular complexity index is 724. The average Bonchev–Trinajstić information content (AvgIpc) is 2.56. The number of hydrogen-bond acceptors (Lipinski definition) is 2. The Kier molecular flexibility index (Phi) is 5.95. The van der Waals surface area contributed by atoms with Gasteiger partial charge in [-0.1, -0.05) is 24.3 Å². The highest BCUT2D eigenvalue weighted by molar-refractivity contribution is 6.09. The molecule has 0 aliphatic carbocycles. The number of nitrogens with zero attached hydrogens (tertiary/aromatic N) is 1. The van der Waals surface area contributed by atoms with E-state index in [4.69, 9.17) is 0 Å². The zero-order chi connectivity index (χ0) is 17.5. The summed E-state index contributed by atoms with van der Waals surface area (Å²) in [7, 11) is 0. The van der Waals surface area contributed by atoms with Crippen molar-refractivity contribution in [2.24, 2.45) is 0 Å². The summed E-state index contributed by atoms with van der Waals surface area (Å²) in [5, 5.41) is 5.68. The molecule has 2 N–H and O–H groups in total. The Labute approximate surface area is 142 Å². The van der Waals surface area contributed by atoms with Gasteiger partial charge in [0.05, 0.1) is 11.3 Å². The summed E-state index contributed by atoms with van der Waals surface area (Å²) in [6.07, 6.45) is 0. The van der Waals surface area contributed by atoms with Gasteiger partial charge < -0.3 is 15.5 Å². The van der Waals surface area contributed by atoms with Gasteiger partial charge in [0.2, 0.25) is 0 Å². The maximum Gasteiger partial charge on any atom is 0.321 e. The number of para-hydroxylation sites is 1. The minimum Gasteiger partial charge on any atom is -0.325 e. The minimum absolute atomic E-state index is 0.212. The van der Waals surface area contributed by atoms with Crippen molar-refractivity contribution in [1.82, 2.24) is 4.90 Å². The van der Waals surface area contributed by atoms with E-state index < -0.39 is 0 Å². The summed E-state index contributed by atoms with van der Waals surface area (Å²) in [6.45, 7) is 7.02. The molecule has 0 saturated heterocycles. The van der Waals surface area contributed by atoms with Crippen LogP contribution < -0.4 is 10.6 Å². The highest BCUT2D eigenvalue weighted by Crippen LogP contribution is 2.18. The van der Waals surface area contributed by atoms with Crippen LogP contribution in [0, 0.1) is 6.92 Å². The molecule has 0 atom stereocenters. The fourth-order valence-electron chi connectivity index (χ4n) is 2.42. The van der Waals surface area contributed by atoms with Gasteiger partial charge in [0.25, 0.3) is 5.91 Å². The molecule has 0 fully saturated rings. The van der Waals surface area contributed by atoms with Crippen LogP contribution >= 0.6 is 0 Å². The molecule has 24 heavy (non-hydrogen) atoms. The Balaban J connectivity index is 2.18. The lowest BCUT2D eigenvalue weighted by molar-refractivity contribution is 0.102. The predicted octanol–water partition coefficient (Wildman–Crippen LogP) is 4.12. The molecular formula is C19H23N3O2. The van der Waals surface area contributed by atoms with Crippen LogP contribution in [0.2, 0.25) is 0 Å². The lowest BCUT2D eigenvalue weighted by Crippen LogP contribution is -2.35. The number of carbonyl (C=O) groups excluding carboxylic acids is 2. The topological polar surface area (TPSA) is 61.4 Å². The SMILES string of the molecule is CCN(CC)C(=O)Nc1ccccc1C(=O)Nc1cccc(C)c1. The molecule has 0 heterocycles. The summed E-state index contributed by atoms with van der Waals surface area (Å²) in [6, 6.07) is 14.4. The second-order valence-electron chi connectivity index (χ2n) is 5.47. The fourth-order valence-corrected chi connectivity index (χ4v) is 2.42. The van der Waals surface area contributed by atoms with Crippen LogP contribution in [0.4, 0.5) is 16.2 Å². The molecule has 0 unspecified atom stereocenters. The number of benzene rings is 2. The zero-order valence-electron chi connectivity index (χ0n) is 14.3. The minimum atomic E-state index is -0.254. The molecular weight excluding hydrogens is 302 g/mol. The Morgan fingerprint density at radius 1 is 0.958 bits per heavy atom. The van der Waals surface area contributed by atoms with Gasteiger partial charge in [-0.05, 0) is 50.6 Å². The van der Waals surface area contributed by atoms with Crippen molar-refractivity contribution in [3.8, 4) is 0 Å². The number of nitrogens with one attached hydrogen (secondary N) is 2. The molecule has 2 rings (SSSR count). The van der Waals surface area contributed by atoms with Crippen LogP contribution in [-0.2, 0) is 0 Å². The molecule has 126 valence electrons. The summed E-state index contributed by atoms with van der Waals surface area (Å²) >= 11 is 0. The van der Waals surface area contributed by atoms with Crippen LogP contribution in [-0.4, -0.2) is 29.9 Å². The molecule has 5 heteroatoms. The van der Waals surface area contributed by atoms with E-state index in [2.05, 4.69) is 10.6 Å². The van der Waals surface area contributed by atoms with Crippen LogP contribution in [0.3, 0.4) is 0 Å². The van der Waals surface area contributed by atoms with Crippen molar-refractivity contribution in [2.75, 3.05) is 23.7 Å². The molecule has 2 aromatic carbocycles. The fraction of sp³-hybridized carbons (Fsp3) is 0.263. The molecule has 2 aromatic rings. The van der Waals surface area contributed by atoms with E-state index in [1.807, 2.05) is 45.0 Å². The first-order chi connectivity index (χ1) is 11.5. The first-order valence-electron chi connectivity index (χ1n) is 8.08. The number of rotatable bonds is 5. The lowest BCUT2D eigenvalue weighted by atomic mass is 10.1. The van der Waals surface area contributed by atoms with Crippen LogP contribution in [0.1, 0.15) is 29.8 Å². The Hall–Kier alpha value is -2.82. The molecule has 5 nitrogen and oxygen atoms in total. The van der Waals surface area contributed by atoms with Crippen LogP contribution in [0.25, 0.3) is 0 Å². The first kappa shape index (κ1) is 17.5.